The van der Waals surface area contributed by atoms with Crippen molar-refractivity contribution in [2.45, 2.75) is 6.42 Å². The summed E-state index contributed by atoms with van der Waals surface area (Å²) in [6, 6.07) is 0.304. The molecule has 6 heteroatoms. The van der Waals surface area contributed by atoms with E-state index in [1.807, 2.05) is 0 Å². The third-order valence-electron chi connectivity index (χ3n) is 1.46. The van der Waals surface area contributed by atoms with Gasteiger partial charge in [0.1, 0.15) is 0 Å². The summed E-state index contributed by atoms with van der Waals surface area (Å²) in [6.07, 6.45) is 2.37. The quantitative estimate of drug-likeness (QED) is 0.801. The number of hydrogen-bond donors (Lipinski definition) is 1. The Morgan fingerprint density at radius 3 is 3.00 bits per heavy atom. The predicted octanol–water partition coefficient (Wildman–Crippen LogP) is 0.975. The van der Waals surface area contributed by atoms with Crippen LogP contribution in [0.3, 0.4) is 0 Å². The molecule has 0 spiro atoms. The topological polar surface area (TPSA) is 70.3 Å². The molecule has 1 aromatic rings. The van der Waals surface area contributed by atoms with E-state index in [2.05, 4.69) is 25.9 Å². The maximum Gasteiger partial charge on any atom is 0.319 e. The molecule has 0 amide bonds. The number of halogens is 1. The highest BCUT2D eigenvalue weighted by atomic mass is 79.9. The fourth-order valence-electron chi connectivity index (χ4n) is 0.796. The number of ether oxygens (including phenoxy) is 2. The van der Waals surface area contributed by atoms with Crippen LogP contribution in [0.1, 0.15) is 6.42 Å². The molecule has 1 heterocycles. The van der Waals surface area contributed by atoms with Crippen LogP contribution in [-0.4, -0.2) is 30.2 Å². The highest BCUT2D eigenvalue weighted by Crippen LogP contribution is 2.22. The molecule has 0 saturated carbocycles. The standard InChI is InChI=1S/C8H12BrN3O2/c1-13-7-6(9)5-11-8(12-7)14-4-2-3-10/h5H,2-4,10H2,1H3. The van der Waals surface area contributed by atoms with Crippen molar-refractivity contribution in [2.24, 2.45) is 5.73 Å². The fourth-order valence-corrected chi connectivity index (χ4v) is 1.15. The fraction of sp³-hybridized carbons (Fsp3) is 0.500. The summed E-state index contributed by atoms with van der Waals surface area (Å²) in [4.78, 5) is 7.98. The van der Waals surface area contributed by atoms with Crippen molar-refractivity contribution in [3.63, 3.8) is 0 Å². The normalized spacial score (nSPS) is 9.93. The Balaban J connectivity index is 2.60. The van der Waals surface area contributed by atoms with Gasteiger partial charge in [0.15, 0.2) is 0 Å². The molecule has 0 unspecified atom stereocenters. The molecule has 0 bridgehead atoms. The Morgan fingerprint density at radius 2 is 2.36 bits per heavy atom. The molecule has 5 nitrogen and oxygen atoms in total. The van der Waals surface area contributed by atoms with Crippen LogP contribution in [0, 0.1) is 0 Å². The minimum absolute atomic E-state index is 0.304. The molecule has 0 aromatic carbocycles. The lowest BCUT2D eigenvalue weighted by Gasteiger charge is -2.05. The molecule has 0 radical (unpaired) electrons. The number of methoxy groups -OCH3 is 1. The molecular weight excluding hydrogens is 250 g/mol. The van der Waals surface area contributed by atoms with Gasteiger partial charge >= 0.3 is 6.01 Å². The lowest BCUT2D eigenvalue weighted by Crippen LogP contribution is -2.08. The maximum atomic E-state index is 5.32. The molecule has 0 saturated heterocycles. The SMILES string of the molecule is COc1nc(OCCCN)ncc1Br. The summed E-state index contributed by atoms with van der Waals surface area (Å²) in [5.41, 5.74) is 5.32. The third-order valence-corrected chi connectivity index (χ3v) is 2.01. The predicted molar refractivity (Wildman–Crippen MR) is 55.5 cm³/mol. The third kappa shape index (κ3) is 3.12. The van der Waals surface area contributed by atoms with E-state index in [9.17, 15) is 0 Å². The average Bonchev–Trinajstić information content (AvgIpc) is 2.21. The van der Waals surface area contributed by atoms with Gasteiger partial charge < -0.3 is 15.2 Å². The van der Waals surface area contributed by atoms with Crippen molar-refractivity contribution in [3.8, 4) is 11.9 Å². The molecular formula is C8H12BrN3O2. The van der Waals surface area contributed by atoms with Gasteiger partial charge in [-0.05, 0) is 28.9 Å². The zero-order valence-electron chi connectivity index (χ0n) is 7.86. The summed E-state index contributed by atoms with van der Waals surface area (Å²) < 4.78 is 10.9. The first kappa shape index (κ1) is 11.2. The van der Waals surface area contributed by atoms with Crippen molar-refractivity contribution in [2.75, 3.05) is 20.3 Å². The lowest BCUT2D eigenvalue weighted by molar-refractivity contribution is 0.281. The lowest BCUT2D eigenvalue weighted by atomic mass is 10.5. The smallest absolute Gasteiger partial charge is 0.319 e. The van der Waals surface area contributed by atoms with Crippen LogP contribution in [0.25, 0.3) is 0 Å². The van der Waals surface area contributed by atoms with Gasteiger partial charge in [-0.25, -0.2) is 4.98 Å². The Kier molecular flexibility index (Phi) is 4.61. The number of nitrogens with two attached hydrogens (primary N) is 1. The van der Waals surface area contributed by atoms with E-state index in [0.29, 0.717) is 29.5 Å². The van der Waals surface area contributed by atoms with Gasteiger partial charge in [0, 0.05) is 0 Å². The molecule has 0 aliphatic carbocycles. The number of aromatic nitrogens is 2. The summed E-state index contributed by atoms with van der Waals surface area (Å²) in [5, 5.41) is 0. The molecule has 78 valence electrons. The molecule has 1 aromatic heterocycles. The van der Waals surface area contributed by atoms with Gasteiger partial charge in [0.05, 0.1) is 24.4 Å². The first-order chi connectivity index (χ1) is 6.77. The van der Waals surface area contributed by atoms with E-state index < -0.39 is 0 Å². The van der Waals surface area contributed by atoms with Crippen molar-refractivity contribution in [3.05, 3.63) is 10.7 Å². The molecule has 0 aliphatic heterocycles. The summed E-state index contributed by atoms with van der Waals surface area (Å²) in [5.74, 6) is 0.461. The molecule has 2 N–H and O–H groups in total. The Morgan fingerprint density at radius 1 is 1.57 bits per heavy atom. The minimum atomic E-state index is 0.304. The Bertz CT molecular complexity index is 296. The number of hydrogen-bond acceptors (Lipinski definition) is 5. The molecule has 1 rings (SSSR count). The van der Waals surface area contributed by atoms with Crippen molar-refractivity contribution >= 4 is 15.9 Å². The van der Waals surface area contributed by atoms with Gasteiger partial charge in [0.25, 0.3) is 0 Å². The van der Waals surface area contributed by atoms with E-state index >= 15 is 0 Å². The monoisotopic (exact) mass is 261 g/mol. The van der Waals surface area contributed by atoms with Crippen LogP contribution in [0.5, 0.6) is 11.9 Å². The first-order valence-corrected chi connectivity index (χ1v) is 4.96. The van der Waals surface area contributed by atoms with Gasteiger partial charge in [-0.2, -0.15) is 4.98 Å². The first-order valence-electron chi connectivity index (χ1n) is 4.17. The Labute approximate surface area is 90.8 Å². The second kappa shape index (κ2) is 5.77. The van der Waals surface area contributed by atoms with Gasteiger partial charge in [0.2, 0.25) is 5.88 Å². The summed E-state index contributed by atoms with van der Waals surface area (Å²) >= 11 is 3.25. The van der Waals surface area contributed by atoms with Gasteiger partial charge in [-0.15, -0.1) is 0 Å². The number of nitrogens with zero attached hydrogens (tertiary/aromatic N) is 2. The molecule has 0 aliphatic rings. The largest absolute Gasteiger partial charge is 0.480 e. The van der Waals surface area contributed by atoms with E-state index in [4.69, 9.17) is 15.2 Å². The van der Waals surface area contributed by atoms with Crippen molar-refractivity contribution in [1.82, 2.24) is 9.97 Å². The van der Waals surface area contributed by atoms with Crippen LogP contribution in [0.15, 0.2) is 10.7 Å². The maximum absolute atomic E-state index is 5.32. The highest BCUT2D eigenvalue weighted by molar-refractivity contribution is 9.10. The van der Waals surface area contributed by atoms with Crippen molar-refractivity contribution in [1.29, 1.82) is 0 Å². The van der Waals surface area contributed by atoms with Crippen LogP contribution < -0.4 is 15.2 Å². The van der Waals surface area contributed by atoms with E-state index in [1.54, 1.807) is 6.20 Å². The molecule has 14 heavy (non-hydrogen) atoms. The molecule has 0 atom stereocenters. The van der Waals surface area contributed by atoms with E-state index in [-0.39, 0.29) is 0 Å². The minimum Gasteiger partial charge on any atom is -0.480 e. The van der Waals surface area contributed by atoms with Gasteiger partial charge in [-0.3, -0.25) is 0 Å². The second-order valence-electron chi connectivity index (χ2n) is 2.50. The summed E-state index contributed by atoms with van der Waals surface area (Å²) in [7, 11) is 1.54. The van der Waals surface area contributed by atoms with Crippen LogP contribution in [-0.2, 0) is 0 Å². The van der Waals surface area contributed by atoms with E-state index in [1.165, 1.54) is 7.11 Å². The van der Waals surface area contributed by atoms with Crippen molar-refractivity contribution < 1.29 is 9.47 Å². The zero-order valence-corrected chi connectivity index (χ0v) is 9.45. The summed E-state index contributed by atoms with van der Waals surface area (Å²) in [6.45, 7) is 1.11. The number of rotatable bonds is 5. The average molecular weight is 262 g/mol. The molecule has 0 fully saturated rings. The Hall–Kier alpha value is -0.880. The highest BCUT2D eigenvalue weighted by Gasteiger charge is 2.05. The van der Waals surface area contributed by atoms with Crippen LogP contribution in [0.4, 0.5) is 0 Å². The van der Waals surface area contributed by atoms with Crippen LogP contribution in [0.2, 0.25) is 0 Å². The zero-order chi connectivity index (χ0) is 10.4. The van der Waals surface area contributed by atoms with E-state index in [0.717, 1.165) is 6.42 Å². The van der Waals surface area contributed by atoms with Gasteiger partial charge in [-0.1, -0.05) is 0 Å². The van der Waals surface area contributed by atoms with Crippen LogP contribution >= 0.6 is 15.9 Å². The second-order valence-corrected chi connectivity index (χ2v) is 3.35.